The maximum absolute atomic E-state index is 12.4. The summed E-state index contributed by atoms with van der Waals surface area (Å²) in [5.41, 5.74) is 7.63. The van der Waals surface area contributed by atoms with Gasteiger partial charge in [-0.05, 0) is 35.0 Å². The molecule has 1 aromatic carbocycles. The second kappa shape index (κ2) is 6.04. The van der Waals surface area contributed by atoms with Crippen molar-refractivity contribution < 1.29 is 13.2 Å². The van der Waals surface area contributed by atoms with E-state index in [-0.39, 0.29) is 17.2 Å². The Bertz CT molecular complexity index is 758. The minimum Gasteiger partial charge on any atom is -0.495 e. The van der Waals surface area contributed by atoms with Gasteiger partial charge in [0.15, 0.2) is 0 Å². The van der Waals surface area contributed by atoms with E-state index in [1.165, 1.54) is 19.2 Å². The van der Waals surface area contributed by atoms with Crippen LogP contribution < -0.4 is 15.2 Å². The molecule has 0 saturated heterocycles. The molecule has 114 valence electrons. The fraction of sp³-hybridized carbons (Fsp3) is 0.250. The highest BCUT2D eigenvalue weighted by molar-refractivity contribution is 9.10. The second-order valence-corrected chi connectivity index (χ2v) is 6.96. The van der Waals surface area contributed by atoms with Gasteiger partial charge in [-0.2, -0.15) is 5.10 Å². The van der Waals surface area contributed by atoms with Crippen molar-refractivity contribution in [3.8, 4) is 5.75 Å². The number of hydrogen-bond acceptors (Lipinski definition) is 5. The Morgan fingerprint density at radius 2 is 2.19 bits per heavy atom. The number of rotatable bonds is 5. The number of hydrogen-bond donors (Lipinski definition) is 3. The van der Waals surface area contributed by atoms with Crippen molar-refractivity contribution in [3.63, 3.8) is 0 Å². The van der Waals surface area contributed by atoms with E-state index >= 15 is 0 Å². The summed E-state index contributed by atoms with van der Waals surface area (Å²) < 4.78 is 33.0. The van der Waals surface area contributed by atoms with Crippen molar-refractivity contribution >= 4 is 31.6 Å². The first-order valence-corrected chi connectivity index (χ1v) is 8.24. The zero-order chi connectivity index (χ0) is 15.6. The van der Waals surface area contributed by atoms with Crippen LogP contribution in [-0.4, -0.2) is 25.7 Å². The normalized spacial score (nSPS) is 11.6. The molecule has 4 N–H and O–H groups in total. The number of sulfonamides is 1. The fourth-order valence-corrected chi connectivity index (χ4v) is 3.24. The maximum Gasteiger partial charge on any atom is 0.244 e. The van der Waals surface area contributed by atoms with Crippen LogP contribution in [0.25, 0.3) is 0 Å². The molecular weight excluding hydrogens is 360 g/mol. The van der Waals surface area contributed by atoms with Gasteiger partial charge >= 0.3 is 0 Å². The molecule has 0 unspecified atom stereocenters. The Balaban J connectivity index is 2.31. The highest BCUT2D eigenvalue weighted by atomic mass is 79.9. The highest BCUT2D eigenvalue weighted by Crippen LogP contribution is 2.32. The standard InChI is InChI=1S/C12H15BrN4O3S/c1-7-8(5-15-17-7)6-16-21(18,19)12-4-10(14)9(13)3-11(12)20-2/h3-5,16H,6,14H2,1-2H3,(H,15,17). The molecular formula is C12H15BrN4O3S. The van der Waals surface area contributed by atoms with Gasteiger partial charge in [0.1, 0.15) is 10.6 Å². The molecule has 7 nitrogen and oxygen atoms in total. The van der Waals surface area contributed by atoms with Gasteiger partial charge in [-0.3, -0.25) is 5.10 Å². The number of benzene rings is 1. The number of halogens is 1. The molecule has 9 heteroatoms. The molecule has 0 saturated carbocycles. The largest absolute Gasteiger partial charge is 0.495 e. The lowest BCUT2D eigenvalue weighted by atomic mass is 10.3. The average molecular weight is 375 g/mol. The number of nitrogens with zero attached hydrogens (tertiary/aromatic N) is 1. The molecule has 21 heavy (non-hydrogen) atoms. The number of nitrogens with one attached hydrogen (secondary N) is 2. The van der Waals surface area contributed by atoms with Gasteiger partial charge < -0.3 is 10.5 Å². The third-order valence-electron chi connectivity index (χ3n) is 2.96. The van der Waals surface area contributed by atoms with Gasteiger partial charge in [0.25, 0.3) is 0 Å². The molecule has 0 aliphatic rings. The molecule has 0 atom stereocenters. The third kappa shape index (κ3) is 3.36. The second-order valence-electron chi connectivity index (χ2n) is 4.37. The van der Waals surface area contributed by atoms with Crippen molar-refractivity contribution in [1.82, 2.24) is 14.9 Å². The SMILES string of the molecule is COc1cc(Br)c(N)cc1S(=O)(=O)NCc1cn[nH]c1C. The van der Waals surface area contributed by atoms with E-state index < -0.39 is 10.0 Å². The summed E-state index contributed by atoms with van der Waals surface area (Å²) in [5.74, 6) is 0.215. The molecule has 1 aromatic heterocycles. The zero-order valence-corrected chi connectivity index (χ0v) is 13.9. The molecule has 0 radical (unpaired) electrons. The van der Waals surface area contributed by atoms with Crippen molar-refractivity contribution in [2.75, 3.05) is 12.8 Å². The lowest BCUT2D eigenvalue weighted by Gasteiger charge is -2.12. The van der Waals surface area contributed by atoms with E-state index in [4.69, 9.17) is 10.5 Å². The quantitative estimate of drug-likeness (QED) is 0.687. The maximum atomic E-state index is 12.4. The van der Waals surface area contributed by atoms with Gasteiger partial charge in [0.2, 0.25) is 10.0 Å². The first kappa shape index (κ1) is 15.8. The molecule has 2 aromatic rings. The van der Waals surface area contributed by atoms with Crippen molar-refractivity contribution in [1.29, 1.82) is 0 Å². The summed E-state index contributed by atoms with van der Waals surface area (Å²) in [4.78, 5) is -0.00755. The summed E-state index contributed by atoms with van der Waals surface area (Å²) in [6.07, 6.45) is 1.57. The molecule has 0 aliphatic heterocycles. The molecule has 0 amide bonds. The average Bonchev–Trinajstić information content (AvgIpc) is 2.84. The minimum atomic E-state index is -3.75. The van der Waals surface area contributed by atoms with Crippen LogP contribution in [-0.2, 0) is 16.6 Å². The number of ether oxygens (including phenoxy) is 1. The Morgan fingerprint density at radius 1 is 1.48 bits per heavy atom. The molecule has 0 fully saturated rings. The first-order chi connectivity index (χ1) is 9.85. The lowest BCUT2D eigenvalue weighted by Crippen LogP contribution is -2.24. The smallest absolute Gasteiger partial charge is 0.244 e. The molecule has 0 aliphatic carbocycles. The number of H-pyrrole nitrogens is 1. The van der Waals surface area contributed by atoms with Gasteiger partial charge in [0, 0.05) is 28.0 Å². The Hall–Kier alpha value is -1.58. The third-order valence-corrected chi connectivity index (χ3v) is 5.07. The topological polar surface area (TPSA) is 110 Å². The number of nitrogens with two attached hydrogens (primary N) is 1. The summed E-state index contributed by atoms with van der Waals surface area (Å²) in [6, 6.07) is 2.88. The van der Waals surface area contributed by atoms with Gasteiger partial charge in [0.05, 0.1) is 13.3 Å². The van der Waals surface area contributed by atoms with Crippen molar-refractivity contribution in [2.24, 2.45) is 0 Å². The predicted molar refractivity (Wildman–Crippen MR) is 82.5 cm³/mol. The van der Waals surface area contributed by atoms with Crippen LogP contribution in [0.3, 0.4) is 0 Å². The number of nitrogen functional groups attached to an aromatic ring is 1. The van der Waals surface area contributed by atoms with E-state index in [2.05, 4.69) is 30.8 Å². The Labute approximate surface area is 131 Å². The number of aromatic amines is 1. The summed E-state index contributed by atoms with van der Waals surface area (Å²) >= 11 is 3.24. The van der Waals surface area contributed by atoms with E-state index in [0.29, 0.717) is 10.2 Å². The predicted octanol–water partition coefficient (Wildman–Crippen LogP) is 1.55. The van der Waals surface area contributed by atoms with Crippen LogP contribution >= 0.6 is 15.9 Å². The van der Waals surface area contributed by atoms with Crippen LogP contribution in [0.2, 0.25) is 0 Å². The number of aromatic nitrogens is 2. The highest BCUT2D eigenvalue weighted by Gasteiger charge is 2.21. The molecule has 2 rings (SSSR count). The lowest BCUT2D eigenvalue weighted by molar-refractivity contribution is 0.402. The minimum absolute atomic E-state index is 0.00755. The van der Waals surface area contributed by atoms with Crippen molar-refractivity contribution in [2.45, 2.75) is 18.4 Å². The monoisotopic (exact) mass is 374 g/mol. The summed E-state index contributed by atoms with van der Waals surface area (Å²) in [6.45, 7) is 1.94. The Kier molecular flexibility index (Phi) is 4.55. The van der Waals surface area contributed by atoms with Gasteiger partial charge in [-0.1, -0.05) is 0 Å². The summed E-state index contributed by atoms with van der Waals surface area (Å²) in [5, 5.41) is 6.59. The molecule has 1 heterocycles. The zero-order valence-electron chi connectivity index (χ0n) is 11.5. The molecule has 0 spiro atoms. The fourth-order valence-electron chi connectivity index (χ4n) is 1.72. The molecule has 0 bridgehead atoms. The Morgan fingerprint density at radius 3 is 2.76 bits per heavy atom. The van der Waals surface area contributed by atoms with Crippen LogP contribution in [0.15, 0.2) is 27.7 Å². The van der Waals surface area contributed by atoms with Crippen LogP contribution in [0.5, 0.6) is 5.75 Å². The van der Waals surface area contributed by atoms with Crippen LogP contribution in [0, 0.1) is 6.92 Å². The van der Waals surface area contributed by atoms with E-state index in [9.17, 15) is 8.42 Å². The first-order valence-electron chi connectivity index (χ1n) is 5.96. The van der Waals surface area contributed by atoms with E-state index in [1.807, 2.05) is 6.92 Å². The van der Waals surface area contributed by atoms with Crippen LogP contribution in [0.1, 0.15) is 11.3 Å². The van der Waals surface area contributed by atoms with E-state index in [1.54, 1.807) is 6.20 Å². The number of methoxy groups -OCH3 is 1. The number of aryl methyl sites for hydroxylation is 1. The van der Waals surface area contributed by atoms with Gasteiger partial charge in [-0.15, -0.1) is 0 Å². The van der Waals surface area contributed by atoms with Crippen molar-refractivity contribution in [3.05, 3.63) is 34.1 Å². The number of anilines is 1. The van der Waals surface area contributed by atoms with E-state index in [0.717, 1.165) is 11.3 Å². The van der Waals surface area contributed by atoms with Gasteiger partial charge in [-0.25, -0.2) is 13.1 Å². The summed E-state index contributed by atoms with van der Waals surface area (Å²) in [7, 11) is -2.35. The van der Waals surface area contributed by atoms with Crippen LogP contribution in [0.4, 0.5) is 5.69 Å².